The molecule has 27 heavy (non-hydrogen) atoms. The van der Waals surface area contributed by atoms with Gasteiger partial charge in [-0.15, -0.1) is 0 Å². The number of hydrogen-bond acceptors (Lipinski definition) is 4. The highest BCUT2D eigenvalue weighted by Crippen LogP contribution is 2.63. The number of rotatable bonds is 4. The lowest BCUT2D eigenvalue weighted by Crippen LogP contribution is -2.45. The van der Waals surface area contributed by atoms with E-state index in [9.17, 15) is 15.0 Å². The van der Waals surface area contributed by atoms with Gasteiger partial charge in [0.15, 0.2) is 0 Å². The Balaban J connectivity index is 1.58. The largest absolute Gasteiger partial charge is 0.508 e. The van der Waals surface area contributed by atoms with Crippen molar-refractivity contribution < 1.29 is 19.7 Å². The minimum absolute atomic E-state index is 0.0328. The van der Waals surface area contributed by atoms with Gasteiger partial charge in [-0.2, -0.15) is 0 Å². The molecule has 2 N–H and O–H groups in total. The molecule has 4 nitrogen and oxygen atoms in total. The van der Waals surface area contributed by atoms with Gasteiger partial charge < -0.3 is 14.9 Å². The van der Waals surface area contributed by atoms with Crippen LogP contribution in [0.1, 0.15) is 69.4 Å². The molecular weight excluding hydrogens is 340 g/mol. The summed E-state index contributed by atoms with van der Waals surface area (Å²) < 4.78 is 5.13. The Bertz CT molecular complexity index is 714. The summed E-state index contributed by atoms with van der Waals surface area (Å²) in [6.07, 6.45) is 6.08. The van der Waals surface area contributed by atoms with Gasteiger partial charge in [0.1, 0.15) is 5.75 Å². The Morgan fingerprint density at radius 1 is 1.33 bits per heavy atom. The van der Waals surface area contributed by atoms with Crippen molar-refractivity contribution in [3.05, 3.63) is 29.3 Å². The number of aliphatic hydroxyl groups is 1. The summed E-state index contributed by atoms with van der Waals surface area (Å²) >= 11 is 0. The molecule has 1 aromatic carbocycles. The quantitative estimate of drug-likeness (QED) is 0.778. The number of hydrogen-bond donors (Lipinski definition) is 2. The van der Waals surface area contributed by atoms with Gasteiger partial charge >= 0.3 is 5.97 Å². The lowest BCUT2D eigenvalue weighted by atomic mass is 9.54. The van der Waals surface area contributed by atoms with Crippen LogP contribution in [-0.4, -0.2) is 28.9 Å². The lowest BCUT2D eigenvalue weighted by molar-refractivity contribution is -0.143. The molecule has 3 unspecified atom stereocenters. The number of aliphatic hydroxyl groups excluding tert-OH is 1. The molecule has 0 bridgehead atoms. The van der Waals surface area contributed by atoms with Crippen LogP contribution in [0.25, 0.3) is 0 Å². The molecule has 0 amide bonds. The van der Waals surface area contributed by atoms with Crippen LogP contribution in [0.3, 0.4) is 0 Å². The van der Waals surface area contributed by atoms with E-state index < -0.39 is 0 Å². The number of fused-ring (bicyclic) bond motifs is 5. The predicted molar refractivity (Wildman–Crippen MR) is 103 cm³/mol. The zero-order valence-electron chi connectivity index (χ0n) is 16.5. The van der Waals surface area contributed by atoms with Crippen LogP contribution < -0.4 is 0 Å². The Hall–Kier alpha value is -1.55. The van der Waals surface area contributed by atoms with Crippen molar-refractivity contribution in [3.8, 4) is 5.75 Å². The van der Waals surface area contributed by atoms with E-state index in [0.29, 0.717) is 42.4 Å². The van der Waals surface area contributed by atoms with E-state index in [-0.39, 0.29) is 17.5 Å². The first-order valence-electron chi connectivity index (χ1n) is 10.6. The first kappa shape index (κ1) is 18.8. The van der Waals surface area contributed by atoms with E-state index in [0.717, 1.165) is 38.5 Å². The minimum atomic E-state index is -0.267. The number of ether oxygens (including phenoxy) is 1. The molecule has 2 fully saturated rings. The number of phenolic OH excluding ortho intramolecular Hbond substituents is 1. The van der Waals surface area contributed by atoms with Gasteiger partial charge in [-0.05, 0) is 97.8 Å². The van der Waals surface area contributed by atoms with Gasteiger partial charge in [-0.3, -0.25) is 4.79 Å². The van der Waals surface area contributed by atoms with Crippen LogP contribution >= 0.6 is 0 Å². The first-order chi connectivity index (χ1) is 12.9. The second kappa shape index (κ2) is 7.12. The molecule has 0 saturated heterocycles. The van der Waals surface area contributed by atoms with Gasteiger partial charge in [-0.1, -0.05) is 13.0 Å². The van der Waals surface area contributed by atoms with E-state index in [2.05, 4.69) is 13.0 Å². The molecule has 0 aliphatic heterocycles. The van der Waals surface area contributed by atoms with Crippen LogP contribution in [-0.2, 0) is 16.0 Å². The normalized spacial score (nSPS) is 37.2. The second-order valence-corrected chi connectivity index (χ2v) is 9.12. The maximum absolute atomic E-state index is 11.9. The average Bonchev–Trinajstić information content (AvgIpc) is 2.90. The molecule has 4 heteroatoms. The lowest BCUT2D eigenvalue weighted by Gasteiger charge is -2.51. The summed E-state index contributed by atoms with van der Waals surface area (Å²) in [6, 6.07) is 5.86. The van der Waals surface area contributed by atoms with E-state index in [4.69, 9.17) is 4.74 Å². The molecule has 3 aliphatic rings. The SMILES string of the molecule is CCOC(=O)CC[C@H]1C[C@H](O)[C@@]2(C)CCC3c4ccc(O)cc4CCC3C12. The van der Waals surface area contributed by atoms with E-state index in [1.807, 2.05) is 19.1 Å². The molecule has 0 heterocycles. The summed E-state index contributed by atoms with van der Waals surface area (Å²) in [6.45, 7) is 4.55. The summed E-state index contributed by atoms with van der Waals surface area (Å²) in [5.74, 6) is 2.17. The molecular formula is C23H32O4. The molecule has 2 saturated carbocycles. The van der Waals surface area contributed by atoms with E-state index in [1.54, 1.807) is 0 Å². The number of phenols is 1. The van der Waals surface area contributed by atoms with Gasteiger partial charge in [0.2, 0.25) is 0 Å². The third-order valence-electron chi connectivity index (χ3n) is 7.83. The molecule has 0 aromatic heterocycles. The molecule has 6 atom stereocenters. The molecule has 3 aliphatic carbocycles. The first-order valence-corrected chi connectivity index (χ1v) is 10.6. The van der Waals surface area contributed by atoms with E-state index in [1.165, 1.54) is 11.1 Å². The maximum atomic E-state index is 11.9. The number of carbonyl (C=O) groups is 1. The number of carbonyl (C=O) groups excluding carboxylic acids is 1. The maximum Gasteiger partial charge on any atom is 0.305 e. The van der Waals surface area contributed by atoms with E-state index >= 15 is 0 Å². The van der Waals surface area contributed by atoms with Crippen LogP contribution in [0.2, 0.25) is 0 Å². The van der Waals surface area contributed by atoms with Gasteiger partial charge in [0.25, 0.3) is 0 Å². The molecule has 148 valence electrons. The standard InChI is InChI=1S/C23H32O4/c1-3-27-21(26)9-5-15-13-20(25)23(2)11-10-18-17-8-6-16(24)12-14(17)4-7-19(18)22(15)23/h6,8,12,15,18-20,22,24-25H,3-5,7,9-11,13H2,1-2H3/t15-,18?,19?,20-,22?,23+/m0/s1. The number of aromatic hydroxyl groups is 1. The van der Waals surface area contributed by atoms with Gasteiger partial charge in [-0.25, -0.2) is 0 Å². The third kappa shape index (κ3) is 3.16. The van der Waals surface area contributed by atoms with Crippen molar-refractivity contribution in [2.24, 2.45) is 23.2 Å². The van der Waals surface area contributed by atoms with Crippen LogP contribution in [0.4, 0.5) is 0 Å². The Morgan fingerprint density at radius 3 is 2.93 bits per heavy atom. The van der Waals surface area contributed by atoms with Crippen LogP contribution in [0, 0.1) is 23.2 Å². The molecule has 1 aromatic rings. The fraction of sp³-hybridized carbons (Fsp3) is 0.696. The molecule has 0 spiro atoms. The smallest absolute Gasteiger partial charge is 0.305 e. The molecule has 0 radical (unpaired) electrons. The van der Waals surface area contributed by atoms with Crippen molar-refractivity contribution in [1.29, 1.82) is 0 Å². The topological polar surface area (TPSA) is 66.8 Å². The van der Waals surface area contributed by atoms with Gasteiger partial charge in [0, 0.05) is 6.42 Å². The molecule has 4 rings (SSSR count). The number of benzene rings is 1. The predicted octanol–water partition coefficient (Wildman–Crippen LogP) is 4.18. The third-order valence-corrected chi connectivity index (χ3v) is 7.83. The Kier molecular flexibility index (Phi) is 4.96. The van der Waals surface area contributed by atoms with Gasteiger partial charge in [0.05, 0.1) is 12.7 Å². The summed E-state index contributed by atoms with van der Waals surface area (Å²) in [7, 11) is 0. The fourth-order valence-electron chi connectivity index (χ4n) is 6.66. The highest BCUT2D eigenvalue weighted by atomic mass is 16.5. The Morgan fingerprint density at radius 2 is 2.15 bits per heavy atom. The van der Waals surface area contributed by atoms with Crippen molar-refractivity contribution in [1.82, 2.24) is 0 Å². The average molecular weight is 373 g/mol. The number of aryl methyl sites for hydroxylation is 1. The summed E-state index contributed by atoms with van der Waals surface area (Å²) in [4.78, 5) is 11.9. The van der Waals surface area contributed by atoms with Crippen molar-refractivity contribution in [2.75, 3.05) is 6.61 Å². The van der Waals surface area contributed by atoms with Crippen LogP contribution in [0.15, 0.2) is 18.2 Å². The van der Waals surface area contributed by atoms with Crippen molar-refractivity contribution in [2.45, 2.75) is 70.8 Å². The zero-order valence-corrected chi connectivity index (χ0v) is 16.5. The number of esters is 1. The monoisotopic (exact) mass is 372 g/mol. The second-order valence-electron chi connectivity index (χ2n) is 9.12. The summed E-state index contributed by atoms with van der Waals surface area (Å²) in [5.41, 5.74) is 2.66. The zero-order chi connectivity index (χ0) is 19.2. The summed E-state index contributed by atoms with van der Waals surface area (Å²) in [5, 5.41) is 20.7. The van der Waals surface area contributed by atoms with Crippen LogP contribution in [0.5, 0.6) is 5.75 Å². The minimum Gasteiger partial charge on any atom is -0.508 e. The van der Waals surface area contributed by atoms with Crippen molar-refractivity contribution in [3.63, 3.8) is 0 Å². The highest BCUT2D eigenvalue weighted by Gasteiger charge is 2.58. The van der Waals surface area contributed by atoms with Crippen molar-refractivity contribution >= 4 is 5.97 Å². The Labute approximate surface area is 161 Å². The highest BCUT2D eigenvalue weighted by molar-refractivity contribution is 5.69. The fourth-order valence-corrected chi connectivity index (χ4v) is 6.66.